The molecule has 7 nitrogen and oxygen atoms in total. The smallest absolute Gasteiger partial charge is 0.407 e. The Kier molecular flexibility index (Phi) is 4.97. The SMILES string of the molecule is CC(C)(C)C1CN(C(=O)c2ccc(-n3cnc4ccccc43)cc2)CCN1C(=O)O. The van der Waals surface area contributed by atoms with Gasteiger partial charge in [-0.3, -0.25) is 9.36 Å². The zero-order chi connectivity index (χ0) is 21.5. The molecule has 4 rings (SSSR count). The second kappa shape index (κ2) is 7.48. The van der Waals surface area contributed by atoms with Crippen LogP contribution in [0.2, 0.25) is 0 Å². The lowest BCUT2D eigenvalue weighted by Gasteiger charge is -2.45. The van der Waals surface area contributed by atoms with E-state index in [1.165, 1.54) is 4.90 Å². The zero-order valence-electron chi connectivity index (χ0n) is 17.4. The molecule has 156 valence electrons. The van der Waals surface area contributed by atoms with Gasteiger partial charge in [-0.05, 0) is 41.8 Å². The molecule has 7 heteroatoms. The summed E-state index contributed by atoms with van der Waals surface area (Å²) in [7, 11) is 0. The van der Waals surface area contributed by atoms with Crippen molar-refractivity contribution in [2.45, 2.75) is 26.8 Å². The van der Waals surface area contributed by atoms with E-state index in [1.807, 2.05) is 73.9 Å². The number of carbonyl (C=O) groups is 2. The van der Waals surface area contributed by atoms with Crippen molar-refractivity contribution in [3.8, 4) is 5.69 Å². The average Bonchev–Trinajstić information content (AvgIpc) is 3.16. The van der Waals surface area contributed by atoms with Crippen LogP contribution in [0.1, 0.15) is 31.1 Å². The third-order valence-corrected chi connectivity index (χ3v) is 5.76. The number of nitrogens with zero attached hydrogens (tertiary/aromatic N) is 4. The van der Waals surface area contributed by atoms with Crippen LogP contribution in [0.3, 0.4) is 0 Å². The topological polar surface area (TPSA) is 78.7 Å². The highest BCUT2D eigenvalue weighted by atomic mass is 16.4. The highest BCUT2D eigenvalue weighted by molar-refractivity contribution is 5.94. The summed E-state index contributed by atoms with van der Waals surface area (Å²) >= 11 is 0. The molecule has 1 atom stereocenters. The second-order valence-electron chi connectivity index (χ2n) is 8.76. The van der Waals surface area contributed by atoms with Gasteiger partial charge in [-0.15, -0.1) is 0 Å². The van der Waals surface area contributed by atoms with Crippen molar-refractivity contribution in [3.63, 3.8) is 0 Å². The van der Waals surface area contributed by atoms with Gasteiger partial charge in [0.15, 0.2) is 0 Å². The summed E-state index contributed by atoms with van der Waals surface area (Å²) in [6.45, 7) is 7.12. The number of benzene rings is 2. The number of hydrogen-bond donors (Lipinski definition) is 1. The van der Waals surface area contributed by atoms with Crippen molar-refractivity contribution in [1.82, 2.24) is 19.4 Å². The Bertz CT molecular complexity index is 1080. The molecule has 1 aromatic heterocycles. The van der Waals surface area contributed by atoms with Gasteiger partial charge < -0.3 is 14.9 Å². The lowest BCUT2D eigenvalue weighted by atomic mass is 9.84. The predicted molar refractivity (Wildman–Crippen MR) is 115 cm³/mol. The van der Waals surface area contributed by atoms with Gasteiger partial charge in [0, 0.05) is 30.9 Å². The number of imidazole rings is 1. The molecule has 0 spiro atoms. The van der Waals surface area contributed by atoms with Crippen LogP contribution in [0.25, 0.3) is 16.7 Å². The van der Waals surface area contributed by atoms with Gasteiger partial charge in [0.2, 0.25) is 0 Å². The van der Waals surface area contributed by atoms with E-state index in [9.17, 15) is 14.7 Å². The van der Waals surface area contributed by atoms with E-state index in [4.69, 9.17) is 0 Å². The minimum atomic E-state index is -0.932. The fraction of sp³-hybridized carbons (Fsp3) is 0.348. The van der Waals surface area contributed by atoms with Crippen LogP contribution >= 0.6 is 0 Å². The fourth-order valence-electron chi connectivity index (χ4n) is 4.05. The molecule has 1 N–H and O–H groups in total. The zero-order valence-corrected chi connectivity index (χ0v) is 17.4. The van der Waals surface area contributed by atoms with E-state index in [0.29, 0.717) is 25.2 Å². The third-order valence-electron chi connectivity index (χ3n) is 5.76. The molecule has 1 fully saturated rings. The van der Waals surface area contributed by atoms with Crippen LogP contribution in [-0.2, 0) is 0 Å². The first-order valence-electron chi connectivity index (χ1n) is 10.1. The highest BCUT2D eigenvalue weighted by Crippen LogP contribution is 2.28. The van der Waals surface area contributed by atoms with E-state index in [1.54, 1.807) is 11.2 Å². The Hall–Kier alpha value is -3.35. The van der Waals surface area contributed by atoms with Gasteiger partial charge >= 0.3 is 6.09 Å². The summed E-state index contributed by atoms with van der Waals surface area (Å²) < 4.78 is 1.99. The van der Waals surface area contributed by atoms with Crippen molar-refractivity contribution in [1.29, 1.82) is 0 Å². The Labute approximate surface area is 175 Å². The quantitative estimate of drug-likeness (QED) is 0.701. The number of amides is 2. The van der Waals surface area contributed by atoms with E-state index < -0.39 is 6.09 Å². The lowest BCUT2D eigenvalue weighted by Crippen LogP contribution is -2.60. The van der Waals surface area contributed by atoms with Gasteiger partial charge in [-0.1, -0.05) is 32.9 Å². The standard InChI is InChI=1S/C23H26N4O3/c1-23(2,3)20-14-25(12-13-26(20)22(29)30)21(28)16-8-10-17(11-9-16)27-15-24-18-6-4-5-7-19(18)27/h4-11,15,20H,12-14H2,1-3H3,(H,29,30). The Morgan fingerprint density at radius 2 is 1.73 bits per heavy atom. The van der Waals surface area contributed by atoms with Gasteiger partial charge in [-0.25, -0.2) is 9.78 Å². The molecular weight excluding hydrogens is 380 g/mol. The molecule has 1 unspecified atom stereocenters. The van der Waals surface area contributed by atoms with Gasteiger partial charge in [0.05, 0.1) is 17.1 Å². The maximum Gasteiger partial charge on any atom is 0.407 e. The molecule has 30 heavy (non-hydrogen) atoms. The fourth-order valence-corrected chi connectivity index (χ4v) is 4.05. The van der Waals surface area contributed by atoms with E-state index in [0.717, 1.165) is 16.7 Å². The van der Waals surface area contributed by atoms with Gasteiger partial charge in [0.25, 0.3) is 5.91 Å². The molecule has 2 aromatic carbocycles. The minimum Gasteiger partial charge on any atom is -0.465 e. The molecule has 1 aliphatic rings. The van der Waals surface area contributed by atoms with Crippen LogP contribution in [-0.4, -0.2) is 62.1 Å². The molecule has 0 bridgehead atoms. The molecule has 2 amide bonds. The van der Waals surface area contributed by atoms with Crippen molar-refractivity contribution in [3.05, 3.63) is 60.4 Å². The maximum atomic E-state index is 13.1. The number of fused-ring (bicyclic) bond motifs is 1. The van der Waals surface area contributed by atoms with E-state index in [-0.39, 0.29) is 17.4 Å². The molecule has 3 aromatic rings. The number of hydrogen-bond acceptors (Lipinski definition) is 3. The molecule has 0 aliphatic carbocycles. The Morgan fingerprint density at radius 1 is 1.03 bits per heavy atom. The molecule has 2 heterocycles. The number of carbonyl (C=O) groups excluding carboxylic acids is 1. The normalized spacial score (nSPS) is 17.4. The predicted octanol–water partition coefficient (Wildman–Crippen LogP) is 3.88. The van der Waals surface area contributed by atoms with Gasteiger partial charge in [-0.2, -0.15) is 0 Å². The summed E-state index contributed by atoms with van der Waals surface area (Å²) in [6.07, 6.45) is 0.847. The number of aromatic nitrogens is 2. The number of rotatable bonds is 2. The van der Waals surface area contributed by atoms with Crippen LogP contribution in [0.4, 0.5) is 4.79 Å². The van der Waals surface area contributed by atoms with Crippen molar-refractivity contribution in [2.75, 3.05) is 19.6 Å². The largest absolute Gasteiger partial charge is 0.465 e. The maximum absolute atomic E-state index is 13.1. The molecular formula is C23H26N4O3. The summed E-state index contributed by atoms with van der Waals surface area (Å²) in [5.41, 5.74) is 3.20. The Morgan fingerprint density at radius 3 is 2.40 bits per heavy atom. The summed E-state index contributed by atoms with van der Waals surface area (Å²) in [6, 6.07) is 15.1. The average molecular weight is 406 g/mol. The number of piperazine rings is 1. The van der Waals surface area contributed by atoms with Crippen LogP contribution in [0, 0.1) is 5.41 Å². The molecule has 1 aliphatic heterocycles. The monoisotopic (exact) mass is 406 g/mol. The summed E-state index contributed by atoms with van der Waals surface area (Å²) in [5.74, 6) is -0.0728. The molecule has 0 saturated carbocycles. The minimum absolute atomic E-state index is 0.0728. The van der Waals surface area contributed by atoms with E-state index >= 15 is 0 Å². The second-order valence-corrected chi connectivity index (χ2v) is 8.76. The first-order chi connectivity index (χ1) is 14.3. The summed E-state index contributed by atoms with van der Waals surface area (Å²) in [4.78, 5) is 32.3. The van der Waals surface area contributed by atoms with Crippen molar-refractivity contribution < 1.29 is 14.7 Å². The van der Waals surface area contributed by atoms with Gasteiger partial charge in [0.1, 0.15) is 6.33 Å². The highest BCUT2D eigenvalue weighted by Gasteiger charge is 2.39. The van der Waals surface area contributed by atoms with Crippen molar-refractivity contribution in [2.24, 2.45) is 5.41 Å². The van der Waals surface area contributed by atoms with E-state index in [2.05, 4.69) is 4.98 Å². The van der Waals surface area contributed by atoms with Crippen LogP contribution in [0.5, 0.6) is 0 Å². The first kappa shape index (κ1) is 19.9. The molecule has 0 radical (unpaired) electrons. The first-order valence-corrected chi connectivity index (χ1v) is 10.1. The molecule has 1 saturated heterocycles. The third kappa shape index (κ3) is 3.63. The number of carboxylic acid groups (broad SMARTS) is 1. The van der Waals surface area contributed by atoms with Crippen LogP contribution in [0.15, 0.2) is 54.9 Å². The summed E-state index contributed by atoms with van der Waals surface area (Å²) in [5, 5.41) is 9.53. The Balaban J connectivity index is 1.55. The number of para-hydroxylation sites is 2. The van der Waals surface area contributed by atoms with Crippen molar-refractivity contribution >= 4 is 23.0 Å². The lowest BCUT2D eigenvalue weighted by molar-refractivity contribution is 0.0198. The van der Waals surface area contributed by atoms with Crippen LogP contribution < -0.4 is 0 Å².